The molecule has 1 saturated heterocycles. The van der Waals surface area contributed by atoms with Gasteiger partial charge in [-0.25, -0.2) is 4.39 Å². The highest BCUT2D eigenvalue weighted by Gasteiger charge is 2.40. The Kier molecular flexibility index (Phi) is 2.04. The monoisotopic (exact) mass is 207 g/mol. The number of fused-ring (bicyclic) bond motifs is 2. The maximum absolute atomic E-state index is 13.2. The van der Waals surface area contributed by atoms with Crippen LogP contribution in [0.2, 0.25) is 0 Å². The van der Waals surface area contributed by atoms with Crippen molar-refractivity contribution in [3.8, 4) is 0 Å². The number of ether oxygens (including phenoxy) is 1. The van der Waals surface area contributed by atoms with E-state index in [1.807, 2.05) is 6.07 Å². The van der Waals surface area contributed by atoms with Crippen molar-refractivity contribution in [2.24, 2.45) is 0 Å². The van der Waals surface area contributed by atoms with E-state index >= 15 is 0 Å². The van der Waals surface area contributed by atoms with E-state index in [1.165, 1.54) is 6.07 Å². The van der Waals surface area contributed by atoms with Crippen molar-refractivity contribution in [3.63, 3.8) is 0 Å². The summed E-state index contributed by atoms with van der Waals surface area (Å²) in [6.45, 7) is 2.54. The molecule has 3 heteroatoms. The Morgan fingerprint density at radius 1 is 1.27 bits per heavy atom. The second-order valence-electron chi connectivity index (χ2n) is 4.33. The predicted molar refractivity (Wildman–Crippen MR) is 55.0 cm³/mol. The number of hydrogen-bond acceptors (Lipinski definition) is 2. The van der Waals surface area contributed by atoms with Crippen molar-refractivity contribution in [2.45, 2.75) is 25.0 Å². The number of piperidine rings is 1. The van der Waals surface area contributed by atoms with Gasteiger partial charge < -0.3 is 10.1 Å². The topological polar surface area (TPSA) is 21.3 Å². The molecule has 0 radical (unpaired) electrons. The molecule has 1 fully saturated rings. The van der Waals surface area contributed by atoms with Crippen LogP contribution in [0.4, 0.5) is 4.39 Å². The lowest BCUT2D eigenvalue weighted by atomic mass is 9.84. The van der Waals surface area contributed by atoms with E-state index in [9.17, 15) is 4.39 Å². The van der Waals surface area contributed by atoms with Gasteiger partial charge in [-0.15, -0.1) is 0 Å². The molecule has 0 unspecified atom stereocenters. The van der Waals surface area contributed by atoms with Crippen molar-refractivity contribution in [1.82, 2.24) is 5.32 Å². The summed E-state index contributed by atoms with van der Waals surface area (Å²) >= 11 is 0. The van der Waals surface area contributed by atoms with Gasteiger partial charge in [0.2, 0.25) is 0 Å². The molecular formula is C12H14FNO. The van der Waals surface area contributed by atoms with Crippen LogP contribution in [0.3, 0.4) is 0 Å². The second kappa shape index (κ2) is 3.29. The Bertz CT molecular complexity index is 380. The summed E-state index contributed by atoms with van der Waals surface area (Å²) in [5.41, 5.74) is 2.02. The van der Waals surface area contributed by atoms with Crippen LogP contribution < -0.4 is 5.32 Å². The maximum Gasteiger partial charge on any atom is 0.123 e. The van der Waals surface area contributed by atoms with E-state index in [0.29, 0.717) is 6.61 Å². The fourth-order valence-electron chi connectivity index (χ4n) is 2.64. The van der Waals surface area contributed by atoms with Crippen molar-refractivity contribution in [3.05, 3.63) is 35.1 Å². The number of halogens is 1. The van der Waals surface area contributed by atoms with Gasteiger partial charge in [-0.2, -0.15) is 0 Å². The van der Waals surface area contributed by atoms with Crippen molar-refractivity contribution < 1.29 is 9.13 Å². The van der Waals surface area contributed by atoms with E-state index in [-0.39, 0.29) is 11.4 Å². The van der Waals surface area contributed by atoms with E-state index < -0.39 is 0 Å². The Hall–Kier alpha value is -0.930. The zero-order valence-corrected chi connectivity index (χ0v) is 8.55. The maximum atomic E-state index is 13.2. The van der Waals surface area contributed by atoms with Crippen LogP contribution in [0.1, 0.15) is 24.0 Å². The number of rotatable bonds is 0. The minimum absolute atomic E-state index is 0.155. The molecule has 0 saturated carbocycles. The first-order valence-electron chi connectivity index (χ1n) is 5.44. The average molecular weight is 207 g/mol. The average Bonchev–Trinajstić information content (AvgIpc) is 2.59. The molecule has 2 aliphatic rings. The molecule has 0 bridgehead atoms. The minimum Gasteiger partial charge on any atom is -0.365 e. The zero-order valence-electron chi connectivity index (χ0n) is 8.55. The number of benzene rings is 1. The highest BCUT2D eigenvalue weighted by Crippen LogP contribution is 2.42. The van der Waals surface area contributed by atoms with Gasteiger partial charge in [-0.05, 0) is 49.2 Å². The normalized spacial score (nSPS) is 23.0. The van der Waals surface area contributed by atoms with E-state index in [2.05, 4.69) is 5.32 Å². The van der Waals surface area contributed by atoms with Crippen molar-refractivity contribution >= 4 is 0 Å². The molecule has 1 aromatic rings. The van der Waals surface area contributed by atoms with Crippen LogP contribution in [-0.4, -0.2) is 13.1 Å². The SMILES string of the molecule is Fc1ccc2c(c1)C1(CCNCC1)OC2. The Morgan fingerprint density at radius 2 is 2.07 bits per heavy atom. The standard InChI is InChI=1S/C12H14FNO/c13-10-2-1-9-8-15-12(11(9)7-10)3-5-14-6-4-12/h1-2,7,14H,3-6,8H2. The quantitative estimate of drug-likeness (QED) is 0.702. The van der Waals surface area contributed by atoms with Crippen LogP contribution >= 0.6 is 0 Å². The number of hydrogen-bond donors (Lipinski definition) is 1. The summed E-state index contributed by atoms with van der Waals surface area (Å²) < 4.78 is 19.1. The first-order chi connectivity index (χ1) is 7.30. The van der Waals surface area contributed by atoms with Crippen LogP contribution in [0, 0.1) is 5.82 Å². The van der Waals surface area contributed by atoms with Gasteiger partial charge in [0.1, 0.15) is 5.82 Å². The second-order valence-corrected chi connectivity index (χ2v) is 4.33. The summed E-state index contributed by atoms with van der Waals surface area (Å²) in [4.78, 5) is 0. The van der Waals surface area contributed by atoms with Gasteiger partial charge in [-0.1, -0.05) is 6.07 Å². The van der Waals surface area contributed by atoms with Gasteiger partial charge in [0, 0.05) is 0 Å². The summed E-state index contributed by atoms with van der Waals surface area (Å²) in [7, 11) is 0. The fraction of sp³-hybridized carbons (Fsp3) is 0.500. The molecule has 2 aliphatic heterocycles. The third kappa shape index (κ3) is 1.38. The molecule has 80 valence electrons. The van der Waals surface area contributed by atoms with Gasteiger partial charge >= 0.3 is 0 Å². The predicted octanol–water partition coefficient (Wildman–Crippen LogP) is 1.93. The lowest BCUT2D eigenvalue weighted by molar-refractivity contribution is -0.0590. The van der Waals surface area contributed by atoms with E-state index in [1.54, 1.807) is 6.07 Å². The molecule has 2 heterocycles. The van der Waals surface area contributed by atoms with Gasteiger partial charge in [0.15, 0.2) is 0 Å². The Morgan fingerprint density at radius 3 is 2.87 bits per heavy atom. The molecule has 0 atom stereocenters. The molecule has 1 N–H and O–H groups in total. The van der Waals surface area contributed by atoms with E-state index in [4.69, 9.17) is 4.74 Å². The van der Waals surface area contributed by atoms with Crippen LogP contribution in [0.15, 0.2) is 18.2 Å². The lowest BCUT2D eigenvalue weighted by Gasteiger charge is -2.33. The summed E-state index contributed by atoms with van der Waals surface area (Å²) in [6, 6.07) is 5.01. The highest BCUT2D eigenvalue weighted by molar-refractivity contribution is 5.36. The zero-order chi connectivity index (χ0) is 10.3. The lowest BCUT2D eigenvalue weighted by Crippen LogP contribution is -2.39. The van der Waals surface area contributed by atoms with Crippen LogP contribution in [0.5, 0.6) is 0 Å². The highest BCUT2D eigenvalue weighted by atomic mass is 19.1. The molecule has 1 aromatic carbocycles. The largest absolute Gasteiger partial charge is 0.365 e. The van der Waals surface area contributed by atoms with Crippen molar-refractivity contribution in [1.29, 1.82) is 0 Å². The van der Waals surface area contributed by atoms with Crippen molar-refractivity contribution in [2.75, 3.05) is 13.1 Å². The molecule has 0 aliphatic carbocycles. The fourth-order valence-corrected chi connectivity index (χ4v) is 2.64. The van der Waals surface area contributed by atoms with Gasteiger partial charge in [0.25, 0.3) is 0 Å². The first kappa shape index (κ1) is 9.31. The summed E-state index contributed by atoms with van der Waals surface area (Å²) in [5.74, 6) is -0.155. The van der Waals surface area contributed by atoms with Crippen LogP contribution in [-0.2, 0) is 16.9 Å². The van der Waals surface area contributed by atoms with E-state index in [0.717, 1.165) is 37.1 Å². The first-order valence-corrected chi connectivity index (χ1v) is 5.44. The third-order valence-corrected chi connectivity index (χ3v) is 3.48. The summed E-state index contributed by atoms with van der Waals surface area (Å²) in [5, 5.41) is 3.31. The Labute approximate surface area is 88.4 Å². The molecule has 0 aromatic heterocycles. The molecule has 3 rings (SSSR count). The Balaban J connectivity index is 2.05. The molecule has 0 amide bonds. The smallest absolute Gasteiger partial charge is 0.123 e. The van der Waals surface area contributed by atoms with Gasteiger partial charge in [-0.3, -0.25) is 0 Å². The van der Waals surface area contributed by atoms with Crippen LogP contribution in [0.25, 0.3) is 0 Å². The number of nitrogens with one attached hydrogen (secondary N) is 1. The summed E-state index contributed by atoms with van der Waals surface area (Å²) in [6.07, 6.45) is 1.90. The third-order valence-electron chi connectivity index (χ3n) is 3.48. The molecular weight excluding hydrogens is 193 g/mol. The minimum atomic E-state index is -0.206. The molecule has 15 heavy (non-hydrogen) atoms. The molecule has 1 spiro atoms. The van der Waals surface area contributed by atoms with Gasteiger partial charge in [0.05, 0.1) is 12.2 Å². The molecule has 2 nitrogen and oxygen atoms in total.